The number of rotatable bonds is 8. The van der Waals surface area contributed by atoms with Gasteiger partial charge in [-0.3, -0.25) is 4.99 Å². The lowest BCUT2D eigenvalue weighted by atomic mass is 9.88. The molecule has 33 heavy (non-hydrogen) atoms. The molecule has 0 spiro atoms. The first kappa shape index (κ1) is 27.3. The van der Waals surface area contributed by atoms with E-state index in [0.717, 1.165) is 31.6 Å². The molecule has 1 aliphatic heterocycles. The number of aliphatic imine (C=N–C) groups is 1. The highest BCUT2D eigenvalue weighted by Crippen LogP contribution is 2.25. The first-order chi connectivity index (χ1) is 15.5. The zero-order chi connectivity index (χ0) is 23.0. The van der Waals surface area contributed by atoms with Crippen LogP contribution in [0, 0.1) is 5.82 Å². The summed E-state index contributed by atoms with van der Waals surface area (Å²) in [6.45, 7) is 6.33. The summed E-state index contributed by atoms with van der Waals surface area (Å²) in [4.78, 5) is 4.38. The average Bonchev–Trinajstić information content (AvgIpc) is 2.82. The van der Waals surface area contributed by atoms with Crippen molar-refractivity contribution in [2.75, 3.05) is 33.9 Å². The molecule has 0 aromatic heterocycles. The fraction of sp³-hybridized carbons (Fsp3) is 0.480. The molecule has 1 heterocycles. The van der Waals surface area contributed by atoms with Crippen molar-refractivity contribution in [1.29, 1.82) is 0 Å². The summed E-state index contributed by atoms with van der Waals surface area (Å²) in [7, 11) is 3.21. The molecule has 3 rings (SSSR count). The van der Waals surface area contributed by atoms with E-state index in [0.29, 0.717) is 12.5 Å². The van der Waals surface area contributed by atoms with Crippen molar-refractivity contribution < 1.29 is 13.9 Å². The van der Waals surface area contributed by atoms with Gasteiger partial charge < -0.3 is 25.4 Å². The van der Waals surface area contributed by atoms with Gasteiger partial charge in [0, 0.05) is 38.4 Å². The van der Waals surface area contributed by atoms with Crippen LogP contribution in [-0.4, -0.2) is 45.4 Å². The van der Waals surface area contributed by atoms with Crippen molar-refractivity contribution in [3.8, 4) is 5.75 Å². The third kappa shape index (κ3) is 7.55. The highest BCUT2D eigenvalue weighted by atomic mass is 127. The number of nitrogens with zero attached hydrogens (tertiary/aromatic N) is 1. The van der Waals surface area contributed by atoms with Gasteiger partial charge in [-0.2, -0.15) is 0 Å². The van der Waals surface area contributed by atoms with Gasteiger partial charge in [0.05, 0.1) is 13.2 Å². The molecule has 0 bridgehead atoms. The Bertz CT molecular complexity index is 891. The Kier molecular flexibility index (Phi) is 10.9. The summed E-state index contributed by atoms with van der Waals surface area (Å²) in [5.74, 6) is 0.541. The lowest BCUT2D eigenvalue weighted by Gasteiger charge is -2.41. The Morgan fingerprint density at radius 3 is 2.39 bits per heavy atom. The Labute approximate surface area is 213 Å². The van der Waals surface area contributed by atoms with Crippen LogP contribution in [0.5, 0.6) is 5.75 Å². The van der Waals surface area contributed by atoms with E-state index in [1.54, 1.807) is 13.1 Å². The van der Waals surface area contributed by atoms with Crippen molar-refractivity contribution in [2.24, 2.45) is 4.99 Å². The van der Waals surface area contributed by atoms with E-state index in [1.165, 1.54) is 18.7 Å². The molecule has 182 valence electrons. The summed E-state index contributed by atoms with van der Waals surface area (Å²) < 4.78 is 24.8. The Morgan fingerprint density at radius 1 is 1.09 bits per heavy atom. The zero-order valence-corrected chi connectivity index (χ0v) is 22.2. The molecule has 0 saturated carbocycles. The number of halogens is 2. The predicted octanol–water partition coefficient (Wildman–Crippen LogP) is 4.58. The Hall–Kier alpha value is -1.91. The van der Waals surface area contributed by atoms with Gasteiger partial charge in [-0.05, 0) is 49.9 Å². The molecular formula is C25H36FIN4O2. The van der Waals surface area contributed by atoms with Gasteiger partial charge in [-0.25, -0.2) is 4.39 Å². The van der Waals surface area contributed by atoms with Crippen LogP contribution in [0.2, 0.25) is 0 Å². The number of nitrogens with one attached hydrogen (secondary N) is 3. The summed E-state index contributed by atoms with van der Waals surface area (Å²) in [6.07, 6.45) is 1.82. The largest absolute Gasteiger partial charge is 0.494 e. The molecule has 6 nitrogen and oxygen atoms in total. The summed E-state index contributed by atoms with van der Waals surface area (Å²) in [6, 6.07) is 15.6. The minimum atomic E-state index is -0.373. The molecule has 2 atom stereocenters. The van der Waals surface area contributed by atoms with Crippen LogP contribution in [-0.2, 0) is 4.74 Å². The lowest BCUT2D eigenvalue weighted by molar-refractivity contribution is 0.0354. The maximum atomic E-state index is 14.1. The van der Waals surface area contributed by atoms with Crippen LogP contribution in [0.25, 0.3) is 0 Å². The van der Waals surface area contributed by atoms with E-state index < -0.39 is 0 Å². The molecule has 2 unspecified atom stereocenters. The Balaban J connectivity index is 0.00000385. The van der Waals surface area contributed by atoms with Crippen LogP contribution >= 0.6 is 24.0 Å². The van der Waals surface area contributed by atoms with E-state index >= 15 is 0 Å². The van der Waals surface area contributed by atoms with E-state index in [1.807, 2.05) is 19.1 Å². The van der Waals surface area contributed by atoms with Gasteiger partial charge >= 0.3 is 0 Å². The monoisotopic (exact) mass is 570 g/mol. The number of hydrogen-bond donors (Lipinski definition) is 3. The second-order valence-electron chi connectivity index (χ2n) is 8.36. The molecule has 1 saturated heterocycles. The van der Waals surface area contributed by atoms with Crippen LogP contribution in [0.1, 0.15) is 49.9 Å². The van der Waals surface area contributed by atoms with E-state index in [2.05, 4.69) is 52.1 Å². The fourth-order valence-electron chi connectivity index (χ4n) is 4.11. The average molecular weight is 570 g/mol. The van der Waals surface area contributed by atoms with E-state index in [-0.39, 0.29) is 53.2 Å². The summed E-state index contributed by atoms with van der Waals surface area (Å²) >= 11 is 0. The highest BCUT2D eigenvalue weighted by molar-refractivity contribution is 14.0. The van der Waals surface area contributed by atoms with Crippen molar-refractivity contribution in [2.45, 2.75) is 44.3 Å². The van der Waals surface area contributed by atoms with Gasteiger partial charge in [-0.1, -0.05) is 36.4 Å². The van der Waals surface area contributed by atoms with Crippen LogP contribution < -0.4 is 20.7 Å². The zero-order valence-electron chi connectivity index (χ0n) is 19.9. The second-order valence-corrected chi connectivity index (χ2v) is 8.36. The van der Waals surface area contributed by atoms with Crippen molar-refractivity contribution in [3.63, 3.8) is 0 Å². The third-order valence-corrected chi connectivity index (χ3v) is 6.12. The predicted molar refractivity (Wildman–Crippen MR) is 142 cm³/mol. The summed E-state index contributed by atoms with van der Waals surface area (Å²) in [5, 5.41) is 10.7. The smallest absolute Gasteiger partial charge is 0.191 e. The maximum absolute atomic E-state index is 14.1. The molecule has 1 aliphatic rings. The minimum Gasteiger partial charge on any atom is -0.494 e. The molecule has 0 aliphatic carbocycles. The lowest BCUT2D eigenvalue weighted by Crippen LogP contribution is -2.58. The normalized spacial score (nSPS) is 17.4. The second kappa shape index (κ2) is 13.1. The SMILES string of the molecule is CN=C(NCC1(NC(C)c2ccccc2)CCOCC1)NC(C)c1ccc(OC)c(F)c1.I. The topological polar surface area (TPSA) is 66.9 Å². The number of hydrogen-bond acceptors (Lipinski definition) is 4. The third-order valence-electron chi connectivity index (χ3n) is 6.12. The van der Waals surface area contributed by atoms with Crippen molar-refractivity contribution >= 4 is 29.9 Å². The molecule has 2 aromatic carbocycles. The van der Waals surface area contributed by atoms with Crippen molar-refractivity contribution in [3.05, 3.63) is 65.5 Å². The van der Waals surface area contributed by atoms with Gasteiger partial charge in [0.2, 0.25) is 0 Å². The van der Waals surface area contributed by atoms with Crippen molar-refractivity contribution in [1.82, 2.24) is 16.0 Å². The molecule has 2 aromatic rings. The number of ether oxygens (including phenoxy) is 2. The van der Waals surface area contributed by atoms with Gasteiger partial charge in [-0.15, -0.1) is 24.0 Å². The van der Waals surface area contributed by atoms with Crippen LogP contribution in [0.3, 0.4) is 0 Å². The van der Waals surface area contributed by atoms with E-state index in [9.17, 15) is 4.39 Å². The molecule has 0 amide bonds. The highest BCUT2D eigenvalue weighted by Gasteiger charge is 2.34. The molecule has 0 radical (unpaired) electrons. The minimum absolute atomic E-state index is 0. The quantitative estimate of drug-likeness (QED) is 0.247. The van der Waals surface area contributed by atoms with Gasteiger partial charge in [0.15, 0.2) is 17.5 Å². The van der Waals surface area contributed by atoms with Gasteiger partial charge in [0.1, 0.15) is 0 Å². The first-order valence-corrected chi connectivity index (χ1v) is 11.2. The molecular weight excluding hydrogens is 534 g/mol. The fourth-order valence-corrected chi connectivity index (χ4v) is 4.11. The maximum Gasteiger partial charge on any atom is 0.191 e. The number of methoxy groups -OCH3 is 1. The van der Waals surface area contributed by atoms with Gasteiger partial charge in [0.25, 0.3) is 0 Å². The molecule has 1 fully saturated rings. The summed E-state index contributed by atoms with van der Waals surface area (Å²) in [5.41, 5.74) is 1.97. The number of benzene rings is 2. The number of guanidine groups is 1. The standard InChI is InChI=1S/C25H35FN4O2.HI/c1-18(21-10-11-23(31-4)22(26)16-21)29-24(27-3)28-17-25(12-14-32-15-13-25)30-19(2)20-8-6-5-7-9-20;/h5-11,16,18-19,30H,12-15,17H2,1-4H3,(H2,27,28,29);1H. The Morgan fingerprint density at radius 2 is 1.79 bits per heavy atom. The molecule has 3 N–H and O–H groups in total. The van der Waals surface area contributed by atoms with Crippen LogP contribution in [0.4, 0.5) is 4.39 Å². The first-order valence-electron chi connectivity index (χ1n) is 11.2. The van der Waals surface area contributed by atoms with Crippen LogP contribution in [0.15, 0.2) is 53.5 Å². The van der Waals surface area contributed by atoms with E-state index in [4.69, 9.17) is 9.47 Å². The molecule has 8 heteroatoms.